The first-order valence-corrected chi connectivity index (χ1v) is 4.28. The number of benzene rings is 1. The smallest absolute Gasteiger partial charge is 0.330 e. The maximum atomic E-state index is 12.5. The lowest BCUT2D eigenvalue weighted by Crippen LogP contribution is -2.28. The van der Waals surface area contributed by atoms with Crippen molar-refractivity contribution in [2.24, 2.45) is 5.73 Å². The van der Waals surface area contributed by atoms with Crippen molar-refractivity contribution in [1.29, 1.82) is 0 Å². The average Bonchev–Trinajstić information content (AvgIpc) is 2.02. The Balaban J connectivity index is 3.01. The Bertz CT molecular complexity index is 306. The number of hydrogen-bond donors (Lipinski definition) is 1. The third-order valence-corrected chi connectivity index (χ3v) is 2.08. The number of nitrogens with two attached hydrogens (primary N) is 1. The molecule has 14 heavy (non-hydrogen) atoms. The molecule has 0 bridgehead atoms. The Morgan fingerprint density at radius 1 is 1.36 bits per heavy atom. The SMILES string of the molecule is Cc1cccc(C(CN)C(F)(F)F)c1. The molecule has 1 aromatic carbocycles. The zero-order chi connectivity index (χ0) is 10.8. The lowest BCUT2D eigenvalue weighted by molar-refractivity contribution is -0.148. The maximum absolute atomic E-state index is 12.5. The van der Waals surface area contributed by atoms with Crippen LogP contribution in [-0.2, 0) is 0 Å². The Morgan fingerprint density at radius 3 is 2.43 bits per heavy atom. The average molecular weight is 203 g/mol. The van der Waals surface area contributed by atoms with E-state index in [0.717, 1.165) is 5.56 Å². The summed E-state index contributed by atoms with van der Waals surface area (Å²) in [6, 6.07) is 6.34. The van der Waals surface area contributed by atoms with Gasteiger partial charge in [-0.3, -0.25) is 0 Å². The van der Waals surface area contributed by atoms with Crippen LogP contribution in [0.15, 0.2) is 24.3 Å². The molecule has 1 unspecified atom stereocenters. The second-order valence-corrected chi connectivity index (χ2v) is 3.24. The number of hydrogen-bond acceptors (Lipinski definition) is 1. The second-order valence-electron chi connectivity index (χ2n) is 3.24. The molecular formula is C10H12F3N. The predicted molar refractivity (Wildman–Crippen MR) is 49.0 cm³/mol. The van der Waals surface area contributed by atoms with E-state index >= 15 is 0 Å². The first-order chi connectivity index (χ1) is 6.45. The molecule has 4 heteroatoms. The van der Waals surface area contributed by atoms with Crippen LogP contribution < -0.4 is 5.73 Å². The lowest BCUT2D eigenvalue weighted by atomic mass is 9.97. The van der Waals surface area contributed by atoms with E-state index in [4.69, 9.17) is 5.73 Å². The van der Waals surface area contributed by atoms with Crippen LogP contribution >= 0.6 is 0 Å². The fourth-order valence-electron chi connectivity index (χ4n) is 1.35. The molecule has 0 radical (unpaired) electrons. The van der Waals surface area contributed by atoms with E-state index in [0.29, 0.717) is 0 Å². The molecule has 0 saturated heterocycles. The highest BCUT2D eigenvalue weighted by molar-refractivity contribution is 5.26. The molecule has 0 aliphatic heterocycles. The summed E-state index contributed by atoms with van der Waals surface area (Å²) < 4.78 is 37.4. The van der Waals surface area contributed by atoms with Crippen LogP contribution in [-0.4, -0.2) is 12.7 Å². The van der Waals surface area contributed by atoms with Crippen molar-refractivity contribution in [2.75, 3.05) is 6.54 Å². The van der Waals surface area contributed by atoms with Crippen molar-refractivity contribution in [3.8, 4) is 0 Å². The van der Waals surface area contributed by atoms with Crippen molar-refractivity contribution >= 4 is 0 Å². The maximum Gasteiger partial charge on any atom is 0.396 e. The minimum atomic E-state index is -4.26. The summed E-state index contributed by atoms with van der Waals surface area (Å²) in [5.74, 6) is -1.55. The summed E-state index contributed by atoms with van der Waals surface area (Å²) in [5, 5.41) is 0. The van der Waals surface area contributed by atoms with E-state index in [1.165, 1.54) is 12.1 Å². The van der Waals surface area contributed by atoms with Gasteiger partial charge in [-0.15, -0.1) is 0 Å². The molecule has 0 spiro atoms. The van der Waals surface area contributed by atoms with Crippen LogP contribution in [0.4, 0.5) is 13.2 Å². The van der Waals surface area contributed by atoms with Gasteiger partial charge in [0.15, 0.2) is 0 Å². The first-order valence-electron chi connectivity index (χ1n) is 4.28. The second kappa shape index (κ2) is 4.00. The Labute approximate surface area is 80.7 Å². The van der Waals surface area contributed by atoms with E-state index < -0.39 is 18.6 Å². The zero-order valence-electron chi connectivity index (χ0n) is 7.81. The molecule has 0 saturated carbocycles. The van der Waals surface area contributed by atoms with E-state index in [9.17, 15) is 13.2 Å². The number of rotatable bonds is 2. The zero-order valence-corrected chi connectivity index (χ0v) is 7.81. The van der Waals surface area contributed by atoms with Crippen molar-refractivity contribution in [3.63, 3.8) is 0 Å². The van der Waals surface area contributed by atoms with E-state index in [-0.39, 0.29) is 5.56 Å². The fraction of sp³-hybridized carbons (Fsp3) is 0.400. The summed E-state index contributed by atoms with van der Waals surface area (Å²) in [6.45, 7) is 1.35. The van der Waals surface area contributed by atoms with Crippen LogP contribution in [0.3, 0.4) is 0 Å². The van der Waals surface area contributed by atoms with Crippen molar-refractivity contribution in [2.45, 2.75) is 19.0 Å². The molecule has 1 nitrogen and oxygen atoms in total. The van der Waals surface area contributed by atoms with Crippen molar-refractivity contribution in [3.05, 3.63) is 35.4 Å². The summed E-state index contributed by atoms with van der Waals surface area (Å²) in [5.41, 5.74) is 6.17. The molecule has 1 rings (SSSR count). The molecule has 78 valence electrons. The number of halogens is 3. The molecule has 0 aromatic heterocycles. The third-order valence-electron chi connectivity index (χ3n) is 2.08. The normalized spacial score (nSPS) is 14.1. The minimum absolute atomic E-state index is 0.236. The van der Waals surface area contributed by atoms with Gasteiger partial charge >= 0.3 is 6.18 Å². The van der Waals surface area contributed by atoms with Gasteiger partial charge in [-0.25, -0.2) is 0 Å². The van der Waals surface area contributed by atoms with Crippen molar-refractivity contribution < 1.29 is 13.2 Å². The van der Waals surface area contributed by atoms with Crippen molar-refractivity contribution in [1.82, 2.24) is 0 Å². The molecular weight excluding hydrogens is 191 g/mol. The van der Waals surface area contributed by atoms with E-state index in [1.54, 1.807) is 19.1 Å². The molecule has 0 aliphatic rings. The first kappa shape index (κ1) is 11.0. The molecule has 1 atom stereocenters. The van der Waals surface area contributed by atoms with Gasteiger partial charge in [0, 0.05) is 6.54 Å². The van der Waals surface area contributed by atoms with Crippen LogP contribution in [0.2, 0.25) is 0 Å². The van der Waals surface area contributed by atoms with E-state index in [1.807, 2.05) is 0 Å². The Morgan fingerprint density at radius 2 is 2.00 bits per heavy atom. The Hall–Kier alpha value is -1.03. The van der Waals surface area contributed by atoms with Crippen LogP contribution in [0, 0.1) is 6.92 Å². The highest BCUT2D eigenvalue weighted by Gasteiger charge is 2.39. The van der Waals surface area contributed by atoms with Gasteiger partial charge in [0.2, 0.25) is 0 Å². The monoisotopic (exact) mass is 203 g/mol. The largest absolute Gasteiger partial charge is 0.396 e. The van der Waals surface area contributed by atoms with Gasteiger partial charge in [0.05, 0.1) is 5.92 Å². The summed E-state index contributed by atoms with van der Waals surface area (Å²) in [6.07, 6.45) is -4.26. The third kappa shape index (κ3) is 2.48. The summed E-state index contributed by atoms with van der Waals surface area (Å²) in [4.78, 5) is 0. The molecule has 0 fully saturated rings. The van der Waals surface area contributed by atoms with Crippen LogP contribution in [0.1, 0.15) is 17.0 Å². The van der Waals surface area contributed by atoms with Gasteiger partial charge in [0.25, 0.3) is 0 Å². The quantitative estimate of drug-likeness (QED) is 0.785. The molecule has 0 aliphatic carbocycles. The molecule has 1 aromatic rings. The fourth-order valence-corrected chi connectivity index (χ4v) is 1.35. The van der Waals surface area contributed by atoms with Gasteiger partial charge < -0.3 is 5.73 Å². The molecule has 2 N–H and O–H groups in total. The van der Waals surface area contributed by atoms with E-state index in [2.05, 4.69) is 0 Å². The Kier molecular flexibility index (Phi) is 3.16. The topological polar surface area (TPSA) is 26.0 Å². The van der Waals surface area contributed by atoms with Gasteiger partial charge in [-0.05, 0) is 12.5 Å². The minimum Gasteiger partial charge on any atom is -0.330 e. The van der Waals surface area contributed by atoms with Gasteiger partial charge in [0.1, 0.15) is 0 Å². The standard InChI is InChI=1S/C10H12F3N/c1-7-3-2-4-8(5-7)9(6-14)10(11,12)13/h2-5,9H,6,14H2,1H3. The summed E-state index contributed by atoms with van der Waals surface area (Å²) in [7, 11) is 0. The molecule has 0 heterocycles. The predicted octanol–water partition coefficient (Wildman–Crippen LogP) is 2.60. The van der Waals surface area contributed by atoms with Crippen LogP contribution in [0.5, 0.6) is 0 Å². The number of alkyl halides is 3. The highest BCUT2D eigenvalue weighted by Crippen LogP contribution is 2.33. The lowest BCUT2D eigenvalue weighted by Gasteiger charge is -2.18. The summed E-state index contributed by atoms with van der Waals surface area (Å²) >= 11 is 0. The van der Waals surface area contributed by atoms with Crippen LogP contribution in [0.25, 0.3) is 0 Å². The van der Waals surface area contributed by atoms with Gasteiger partial charge in [-0.2, -0.15) is 13.2 Å². The number of aryl methyl sites for hydroxylation is 1. The van der Waals surface area contributed by atoms with Gasteiger partial charge in [-0.1, -0.05) is 29.8 Å². The highest BCUT2D eigenvalue weighted by atomic mass is 19.4. The molecule has 0 amide bonds.